The lowest BCUT2D eigenvalue weighted by atomic mass is 10.0. The Labute approximate surface area is 324 Å². The summed E-state index contributed by atoms with van der Waals surface area (Å²) in [6.07, 6.45) is 6.60. The summed E-state index contributed by atoms with van der Waals surface area (Å²) in [6, 6.07) is 15.4. The minimum atomic E-state index is -0.546. The van der Waals surface area contributed by atoms with E-state index in [-0.39, 0.29) is 54.5 Å². The van der Waals surface area contributed by atoms with E-state index < -0.39 is 18.5 Å². The summed E-state index contributed by atoms with van der Waals surface area (Å²) in [4.78, 5) is 51.7. The summed E-state index contributed by atoms with van der Waals surface area (Å²) in [5.74, 6) is 1.79. The van der Waals surface area contributed by atoms with Gasteiger partial charge in [-0.2, -0.15) is 4.98 Å². The summed E-state index contributed by atoms with van der Waals surface area (Å²) >= 11 is 0. The van der Waals surface area contributed by atoms with Crippen molar-refractivity contribution >= 4 is 23.8 Å². The quantitative estimate of drug-likeness (QED) is 0.101. The van der Waals surface area contributed by atoms with Crippen molar-refractivity contribution in [2.75, 3.05) is 30.9 Å². The second-order valence-corrected chi connectivity index (χ2v) is 15.4. The van der Waals surface area contributed by atoms with Crippen molar-refractivity contribution in [2.45, 2.75) is 84.0 Å². The molecule has 3 aromatic heterocycles. The lowest BCUT2D eigenvalue weighted by Crippen LogP contribution is -2.56. The van der Waals surface area contributed by atoms with Gasteiger partial charge in [0.2, 0.25) is 18.2 Å². The molecule has 0 radical (unpaired) electrons. The topological polar surface area (TPSA) is 205 Å². The molecule has 2 amide bonds. The van der Waals surface area contributed by atoms with Crippen LogP contribution in [0.15, 0.2) is 65.4 Å². The molecule has 6 heterocycles. The zero-order valence-electron chi connectivity index (χ0n) is 32.1. The van der Waals surface area contributed by atoms with Gasteiger partial charge in [-0.1, -0.05) is 76.2 Å². The van der Waals surface area contributed by atoms with Crippen molar-refractivity contribution < 1.29 is 23.6 Å². The second kappa shape index (κ2) is 15.9. The average molecular weight is 764 g/mol. The first-order valence-electron chi connectivity index (χ1n) is 19.4. The van der Waals surface area contributed by atoms with Gasteiger partial charge in [0.05, 0.1) is 41.9 Å². The Morgan fingerprint density at radius 1 is 0.750 bits per heavy atom. The molecule has 8 rings (SSSR count). The van der Waals surface area contributed by atoms with Gasteiger partial charge in [-0.3, -0.25) is 14.9 Å². The third-order valence-electron chi connectivity index (χ3n) is 11.0. The van der Waals surface area contributed by atoms with Gasteiger partial charge in [0.15, 0.2) is 6.79 Å². The second-order valence-electron chi connectivity index (χ2n) is 15.4. The lowest BCUT2D eigenvalue weighted by Gasteiger charge is -2.35. The number of carbonyl (C=O) groups is 2. The van der Waals surface area contributed by atoms with E-state index in [1.165, 1.54) is 0 Å². The lowest BCUT2D eigenvalue weighted by molar-refractivity contribution is -0.335. The van der Waals surface area contributed by atoms with Crippen LogP contribution in [-0.4, -0.2) is 90.1 Å². The molecular formula is C40H49N11O5. The molecule has 0 spiro atoms. The van der Waals surface area contributed by atoms with Crippen LogP contribution in [-0.2, 0) is 19.1 Å². The Morgan fingerprint density at radius 3 is 1.66 bits per heavy atom. The number of benzene rings is 2. The maximum atomic E-state index is 13.8. The summed E-state index contributed by atoms with van der Waals surface area (Å²) in [5, 5.41) is 10.1. The van der Waals surface area contributed by atoms with Crippen LogP contribution in [0.3, 0.4) is 0 Å². The molecule has 56 heavy (non-hydrogen) atoms. The van der Waals surface area contributed by atoms with Crippen molar-refractivity contribution in [3.63, 3.8) is 0 Å². The number of anilines is 2. The highest BCUT2D eigenvalue weighted by Gasteiger charge is 2.39. The number of hydrogen-bond acceptors (Lipinski definition) is 12. The Morgan fingerprint density at radius 2 is 1.23 bits per heavy atom. The van der Waals surface area contributed by atoms with Gasteiger partial charge in [0.25, 0.3) is 5.95 Å². The molecule has 0 bridgehead atoms. The number of H-pyrrole nitrogens is 2. The molecule has 5 aromatic rings. The fourth-order valence-corrected chi connectivity index (χ4v) is 7.85. The number of rotatable bonds is 13. The molecule has 0 unspecified atom stereocenters. The fourth-order valence-electron chi connectivity index (χ4n) is 7.85. The minimum absolute atomic E-state index is 0.0231. The number of nitrogen functional groups attached to an aromatic ring is 1. The van der Waals surface area contributed by atoms with Crippen molar-refractivity contribution in [1.29, 1.82) is 0 Å². The zero-order chi connectivity index (χ0) is 38.9. The van der Waals surface area contributed by atoms with Crippen LogP contribution in [0.5, 0.6) is 0 Å². The smallest absolute Gasteiger partial charge is 0.320 e. The first kappa shape index (κ1) is 37.3. The number of imidazole rings is 2. The zero-order valence-corrected chi connectivity index (χ0v) is 32.1. The molecular weight excluding hydrogens is 715 g/mol. The van der Waals surface area contributed by atoms with Crippen molar-refractivity contribution in [3.8, 4) is 33.6 Å². The monoisotopic (exact) mass is 763 g/mol. The number of nitrogens with zero attached hydrogens (tertiary/aromatic N) is 6. The number of amides is 2. The number of ether oxygens (including phenoxy) is 2. The maximum absolute atomic E-state index is 13.8. The van der Waals surface area contributed by atoms with E-state index in [1.54, 1.807) is 0 Å². The maximum Gasteiger partial charge on any atom is 0.320 e. The Balaban J connectivity index is 0.908. The normalized spacial score (nSPS) is 19.8. The number of likely N-dealkylation sites (tertiary alicyclic amines) is 2. The van der Waals surface area contributed by atoms with E-state index in [2.05, 4.69) is 79.3 Å². The minimum Gasteiger partial charge on any atom is -0.351 e. The van der Waals surface area contributed by atoms with Crippen LogP contribution in [0.2, 0.25) is 0 Å². The molecule has 0 aliphatic carbocycles. The first-order valence-corrected chi connectivity index (χ1v) is 19.4. The van der Waals surface area contributed by atoms with E-state index in [1.807, 2.05) is 49.9 Å². The third kappa shape index (κ3) is 7.63. The molecule has 4 atom stereocenters. The number of aromatic nitrogens is 6. The number of hydrogen-bond donors (Lipinski definition) is 5. The molecule has 294 valence electrons. The van der Waals surface area contributed by atoms with Gasteiger partial charge in [-0.05, 0) is 64.9 Å². The van der Waals surface area contributed by atoms with Crippen LogP contribution in [0, 0.1) is 11.8 Å². The van der Waals surface area contributed by atoms with E-state index in [0.717, 1.165) is 71.0 Å². The van der Waals surface area contributed by atoms with E-state index in [0.29, 0.717) is 13.1 Å². The van der Waals surface area contributed by atoms with Crippen molar-refractivity contribution in [1.82, 2.24) is 45.2 Å². The number of nitrogens with one attached hydrogen (secondary N) is 4. The molecule has 3 aliphatic heterocycles. The van der Waals surface area contributed by atoms with Crippen LogP contribution < -0.4 is 16.4 Å². The summed E-state index contributed by atoms with van der Waals surface area (Å²) < 4.78 is 15.6. The number of carbonyl (C=O) groups excluding carboxylic acids is 2. The van der Waals surface area contributed by atoms with Crippen LogP contribution in [0.1, 0.15) is 77.1 Å². The number of aromatic amines is 2. The van der Waals surface area contributed by atoms with Gasteiger partial charge < -0.3 is 44.8 Å². The van der Waals surface area contributed by atoms with Gasteiger partial charge in [0.1, 0.15) is 17.7 Å². The molecule has 3 aliphatic rings. The standard InChI is InChI=1S/C40H49N11O5/c1-22(2)32(46-39-48-38(41)56-49-39)36(52)50-17-5-7-30(50)34-42-19-28(44-34)26-13-9-24(10-14-26)25-11-15-27(16-12-25)29-20-43-35(45-29)31-8-6-18-51(31)37(53)33(23(3)4)47-40-54-21-55-40/h9-16,19-20,22-23,30-33,40,47H,5-8,17-18,21H2,1-4H3,(H,42,44)(H,43,45)(H3,41,46,48,49)/t30-,31-,32-,33-/m0/s1. The fraction of sp³-hybridized carbons (Fsp3) is 0.450. The van der Waals surface area contributed by atoms with E-state index >= 15 is 0 Å². The van der Waals surface area contributed by atoms with E-state index in [9.17, 15) is 9.59 Å². The number of nitrogens with two attached hydrogens (primary N) is 1. The summed E-state index contributed by atoms with van der Waals surface area (Å²) in [6.45, 7) is 9.56. The van der Waals surface area contributed by atoms with Crippen LogP contribution in [0.25, 0.3) is 33.6 Å². The van der Waals surface area contributed by atoms with Crippen molar-refractivity contribution in [3.05, 3.63) is 72.6 Å². The SMILES string of the molecule is CC(C)[C@H](Nc1noc(N)n1)C(=O)N1CCC[C@H]1c1ncc(-c2ccc(-c3ccc(-c4cnc([C@@H]5CCCN5C(=O)[C@@H](NC5OCO5)C(C)C)[nH]4)cc3)cc2)[nH]1. The molecule has 16 heteroatoms. The highest BCUT2D eigenvalue weighted by Crippen LogP contribution is 2.35. The molecule has 3 fully saturated rings. The summed E-state index contributed by atoms with van der Waals surface area (Å²) in [5.41, 5.74) is 11.6. The highest BCUT2D eigenvalue weighted by atomic mass is 16.9. The molecule has 16 nitrogen and oxygen atoms in total. The molecule has 3 saturated heterocycles. The van der Waals surface area contributed by atoms with Crippen molar-refractivity contribution in [2.24, 2.45) is 11.8 Å². The largest absolute Gasteiger partial charge is 0.351 e. The van der Waals surface area contributed by atoms with Gasteiger partial charge in [0, 0.05) is 13.1 Å². The van der Waals surface area contributed by atoms with Crippen LogP contribution >= 0.6 is 0 Å². The Bertz CT molecular complexity index is 2120. The van der Waals surface area contributed by atoms with Crippen LogP contribution in [0.4, 0.5) is 12.0 Å². The van der Waals surface area contributed by atoms with Gasteiger partial charge in [-0.15, -0.1) is 0 Å². The first-order chi connectivity index (χ1) is 27.1. The highest BCUT2D eigenvalue weighted by molar-refractivity contribution is 5.85. The predicted octanol–water partition coefficient (Wildman–Crippen LogP) is 5.46. The molecule has 0 saturated carbocycles. The Kier molecular flexibility index (Phi) is 10.6. The molecule has 6 N–H and O–H groups in total. The Hall–Kier alpha value is -5.58. The predicted molar refractivity (Wildman–Crippen MR) is 208 cm³/mol. The summed E-state index contributed by atoms with van der Waals surface area (Å²) in [7, 11) is 0. The van der Waals surface area contributed by atoms with E-state index in [4.69, 9.17) is 29.7 Å². The third-order valence-corrected chi connectivity index (χ3v) is 11.0. The molecule has 2 aromatic carbocycles. The van der Waals surface area contributed by atoms with Gasteiger partial charge >= 0.3 is 6.01 Å². The average Bonchev–Trinajstić information content (AvgIpc) is 4.03. The van der Waals surface area contributed by atoms with Gasteiger partial charge in [-0.25, -0.2) is 9.97 Å².